The van der Waals surface area contributed by atoms with Crippen LogP contribution in [0.4, 0.5) is 5.69 Å². The first-order chi connectivity index (χ1) is 22.3. The second-order valence-electron chi connectivity index (χ2n) is 12.0. The van der Waals surface area contributed by atoms with Crippen LogP contribution in [0.25, 0.3) is 0 Å². The van der Waals surface area contributed by atoms with Gasteiger partial charge in [-0.05, 0) is 73.2 Å². The van der Waals surface area contributed by atoms with Crippen molar-refractivity contribution in [2.45, 2.75) is 55.7 Å². The van der Waals surface area contributed by atoms with Crippen molar-refractivity contribution < 1.29 is 23.1 Å². The first-order valence-electron chi connectivity index (χ1n) is 15.9. The van der Waals surface area contributed by atoms with Gasteiger partial charge in [-0.2, -0.15) is 4.31 Å². The first-order valence-corrected chi connectivity index (χ1v) is 17.3. The predicted molar refractivity (Wildman–Crippen MR) is 177 cm³/mol. The van der Waals surface area contributed by atoms with Crippen LogP contribution in [-0.4, -0.2) is 71.9 Å². The molecule has 3 heterocycles. The van der Waals surface area contributed by atoms with E-state index in [1.54, 1.807) is 24.3 Å². The average Bonchev–Trinajstić information content (AvgIpc) is 3.08. The molecule has 2 fully saturated rings. The summed E-state index contributed by atoms with van der Waals surface area (Å²) in [5, 5.41) is 9.70. The monoisotopic (exact) mass is 640 g/mol. The molecule has 9 nitrogen and oxygen atoms in total. The van der Waals surface area contributed by atoms with E-state index in [2.05, 4.69) is 9.88 Å². The maximum Gasteiger partial charge on any atom is 0.243 e. The van der Waals surface area contributed by atoms with E-state index in [0.29, 0.717) is 44.0 Å². The number of carbonyl (C=O) groups excluding carboxylic acids is 1. The minimum absolute atomic E-state index is 0.120. The number of aliphatic hydroxyl groups excluding tert-OH is 1. The van der Waals surface area contributed by atoms with Crippen molar-refractivity contribution in [2.24, 2.45) is 0 Å². The maximum absolute atomic E-state index is 13.5. The van der Waals surface area contributed by atoms with Gasteiger partial charge in [0.15, 0.2) is 0 Å². The number of carbonyl (C=O) groups is 1. The van der Waals surface area contributed by atoms with Gasteiger partial charge in [-0.1, -0.05) is 54.6 Å². The zero-order chi connectivity index (χ0) is 31.9. The fourth-order valence-electron chi connectivity index (χ4n) is 6.19. The highest BCUT2D eigenvalue weighted by molar-refractivity contribution is 7.89. The number of hydrogen-bond acceptors (Lipinski definition) is 7. The maximum atomic E-state index is 13.5. The summed E-state index contributed by atoms with van der Waals surface area (Å²) >= 11 is 0. The van der Waals surface area contributed by atoms with Gasteiger partial charge >= 0.3 is 0 Å². The molecule has 0 spiro atoms. The molecule has 240 valence electrons. The van der Waals surface area contributed by atoms with Crippen LogP contribution < -0.4 is 9.64 Å². The van der Waals surface area contributed by atoms with Crippen molar-refractivity contribution in [1.29, 1.82) is 0 Å². The summed E-state index contributed by atoms with van der Waals surface area (Å²) in [6.45, 7) is 3.13. The summed E-state index contributed by atoms with van der Waals surface area (Å²) < 4.78 is 33.2. The molecule has 2 aliphatic rings. The van der Waals surface area contributed by atoms with Crippen molar-refractivity contribution in [3.8, 4) is 11.6 Å². The normalized spacial score (nSPS) is 17.1. The molecule has 0 unspecified atom stereocenters. The SMILES string of the molecule is O=C(Cc1ccccc1)N(c1ccccc1)C1CCN(Cc2ccc(Oc3ccc(S(=O)(=O)N4CCC(O)CC4)cc3)nc2)CC1. The zero-order valence-electron chi connectivity index (χ0n) is 25.8. The van der Waals surface area contributed by atoms with E-state index in [1.807, 2.05) is 83.9 Å². The number of nitrogens with zero attached hydrogens (tertiary/aromatic N) is 4. The number of piperidine rings is 2. The highest BCUT2D eigenvalue weighted by Gasteiger charge is 2.30. The van der Waals surface area contributed by atoms with Gasteiger partial charge in [0.1, 0.15) is 5.75 Å². The second-order valence-corrected chi connectivity index (χ2v) is 13.9. The Morgan fingerprint density at radius 3 is 2.09 bits per heavy atom. The van der Waals surface area contributed by atoms with E-state index in [1.165, 1.54) is 4.31 Å². The lowest BCUT2D eigenvalue weighted by molar-refractivity contribution is -0.118. The number of aromatic nitrogens is 1. The number of benzene rings is 3. The minimum atomic E-state index is -3.61. The lowest BCUT2D eigenvalue weighted by Gasteiger charge is -2.38. The Bertz CT molecular complexity index is 1670. The lowest BCUT2D eigenvalue weighted by Crippen LogP contribution is -2.48. The molecule has 6 rings (SSSR count). The van der Waals surface area contributed by atoms with Crippen LogP contribution in [0.15, 0.2) is 108 Å². The molecule has 1 amide bonds. The third-order valence-electron chi connectivity index (χ3n) is 8.73. The van der Waals surface area contributed by atoms with Crippen LogP contribution in [0.1, 0.15) is 36.8 Å². The number of rotatable bonds is 10. The summed E-state index contributed by atoms with van der Waals surface area (Å²) in [6, 6.07) is 30.2. The molecule has 1 aromatic heterocycles. The Labute approximate surface area is 271 Å². The fourth-order valence-corrected chi connectivity index (χ4v) is 7.66. The molecule has 4 aromatic rings. The molecule has 2 aliphatic heterocycles. The topological polar surface area (TPSA) is 103 Å². The molecule has 0 atom stereocenters. The van der Waals surface area contributed by atoms with E-state index in [0.717, 1.165) is 49.3 Å². The first kappa shape index (κ1) is 31.9. The second kappa shape index (κ2) is 14.6. The van der Waals surface area contributed by atoms with Gasteiger partial charge in [-0.15, -0.1) is 0 Å². The van der Waals surface area contributed by atoms with Gasteiger partial charge < -0.3 is 14.7 Å². The molecule has 0 aliphatic carbocycles. The molecule has 10 heteroatoms. The molecule has 0 radical (unpaired) electrons. The Morgan fingerprint density at radius 2 is 1.46 bits per heavy atom. The third-order valence-corrected chi connectivity index (χ3v) is 10.6. The van der Waals surface area contributed by atoms with Crippen molar-refractivity contribution in [3.63, 3.8) is 0 Å². The number of ether oxygens (including phenoxy) is 1. The van der Waals surface area contributed by atoms with E-state index in [-0.39, 0.29) is 16.8 Å². The van der Waals surface area contributed by atoms with Crippen LogP contribution in [0.2, 0.25) is 0 Å². The lowest BCUT2D eigenvalue weighted by atomic mass is 10.00. The van der Waals surface area contributed by atoms with Crippen LogP contribution >= 0.6 is 0 Å². The van der Waals surface area contributed by atoms with Crippen LogP contribution in [0.5, 0.6) is 11.6 Å². The van der Waals surface area contributed by atoms with Crippen molar-refractivity contribution in [1.82, 2.24) is 14.2 Å². The number of sulfonamides is 1. The van der Waals surface area contributed by atoms with E-state index in [4.69, 9.17) is 4.74 Å². The minimum Gasteiger partial charge on any atom is -0.439 e. The number of amides is 1. The Kier molecular flexibility index (Phi) is 10.1. The van der Waals surface area contributed by atoms with Crippen LogP contribution in [0.3, 0.4) is 0 Å². The largest absolute Gasteiger partial charge is 0.439 e. The summed E-state index contributed by atoms with van der Waals surface area (Å²) in [7, 11) is -3.61. The van der Waals surface area contributed by atoms with Crippen molar-refractivity contribution >= 4 is 21.6 Å². The quantitative estimate of drug-likeness (QED) is 0.252. The molecule has 3 aromatic carbocycles. The Morgan fingerprint density at radius 1 is 0.804 bits per heavy atom. The fraction of sp³-hybridized carbons (Fsp3) is 0.333. The summed E-state index contributed by atoms with van der Waals surface area (Å²) in [4.78, 5) is 22.6. The number of likely N-dealkylation sites (tertiary alicyclic amines) is 1. The highest BCUT2D eigenvalue weighted by Crippen LogP contribution is 2.27. The van der Waals surface area contributed by atoms with Crippen molar-refractivity contribution in [2.75, 3.05) is 31.1 Å². The number of para-hydroxylation sites is 1. The summed E-state index contributed by atoms with van der Waals surface area (Å²) in [5.41, 5.74) is 3.03. The van der Waals surface area contributed by atoms with Crippen molar-refractivity contribution in [3.05, 3.63) is 114 Å². The molecule has 46 heavy (non-hydrogen) atoms. The van der Waals surface area contributed by atoms with E-state index >= 15 is 0 Å². The molecule has 1 N–H and O–H groups in total. The number of anilines is 1. The van der Waals surface area contributed by atoms with Crippen LogP contribution in [-0.2, 0) is 27.8 Å². The number of pyridine rings is 1. The number of hydrogen-bond donors (Lipinski definition) is 1. The van der Waals surface area contributed by atoms with Gasteiger partial charge in [-0.25, -0.2) is 13.4 Å². The van der Waals surface area contributed by atoms with Gasteiger partial charge in [0.2, 0.25) is 21.8 Å². The van der Waals surface area contributed by atoms with Crippen LogP contribution in [0, 0.1) is 0 Å². The molecule has 2 saturated heterocycles. The molecular weight excluding hydrogens is 600 g/mol. The Hall–Kier alpha value is -4.09. The van der Waals surface area contributed by atoms with Gasteiger partial charge in [0.05, 0.1) is 17.4 Å². The molecule has 0 saturated carbocycles. The summed E-state index contributed by atoms with van der Waals surface area (Å²) in [6.07, 6.45) is 4.41. The van der Waals surface area contributed by atoms with Gasteiger partial charge in [0, 0.05) is 56.7 Å². The zero-order valence-corrected chi connectivity index (χ0v) is 26.6. The van der Waals surface area contributed by atoms with Gasteiger partial charge in [0.25, 0.3) is 0 Å². The standard InChI is InChI=1S/C36H40N4O5S/c41-32-19-23-39(24-20-32)46(43,44)34-14-12-33(13-15-34)45-35-16-11-29(26-37-35)27-38-21-17-31(18-22-38)40(30-9-5-2-6-10-30)36(42)25-28-7-3-1-4-8-28/h1-16,26,31-32,41H,17-25,27H2. The number of aliphatic hydroxyl groups is 1. The van der Waals surface area contributed by atoms with E-state index < -0.39 is 16.1 Å². The van der Waals surface area contributed by atoms with E-state index in [9.17, 15) is 18.3 Å². The Balaban J connectivity index is 1.02. The highest BCUT2D eigenvalue weighted by atomic mass is 32.2. The molecule has 0 bridgehead atoms. The third kappa shape index (κ3) is 7.82. The smallest absolute Gasteiger partial charge is 0.243 e. The van der Waals surface area contributed by atoms with Gasteiger partial charge in [-0.3, -0.25) is 9.69 Å². The average molecular weight is 641 g/mol. The summed E-state index contributed by atoms with van der Waals surface area (Å²) in [5.74, 6) is 1.05. The molecular formula is C36H40N4O5S. The predicted octanol–water partition coefficient (Wildman–Crippen LogP) is 5.26.